The van der Waals surface area contributed by atoms with Crippen molar-refractivity contribution in [2.75, 3.05) is 5.75 Å². The van der Waals surface area contributed by atoms with Gasteiger partial charge in [-0.2, -0.15) is 10.1 Å². The quantitative estimate of drug-likeness (QED) is 0.629. The average Bonchev–Trinajstić information content (AvgIpc) is 2.78. The fourth-order valence-corrected chi connectivity index (χ4v) is 3.02. The molecule has 5 heteroatoms. The lowest BCUT2D eigenvalue weighted by Gasteiger charge is -2.10. The van der Waals surface area contributed by atoms with Gasteiger partial charge in [0.15, 0.2) is 4.32 Å². The molecule has 1 amide bonds. The first-order valence-corrected chi connectivity index (χ1v) is 7.58. The Morgan fingerprint density at radius 1 is 1.25 bits per heavy atom. The highest BCUT2D eigenvalue weighted by Crippen LogP contribution is 2.21. The van der Waals surface area contributed by atoms with Crippen LogP contribution in [-0.4, -0.2) is 26.7 Å². The lowest BCUT2D eigenvalue weighted by molar-refractivity contribution is -0.124. The van der Waals surface area contributed by atoms with E-state index < -0.39 is 0 Å². The predicted molar refractivity (Wildman–Crippen MR) is 88.1 cm³/mol. The molecule has 0 unspecified atom stereocenters. The first-order chi connectivity index (χ1) is 9.65. The third-order valence-electron chi connectivity index (χ3n) is 3.15. The van der Waals surface area contributed by atoms with E-state index in [0.717, 1.165) is 16.7 Å². The van der Waals surface area contributed by atoms with E-state index >= 15 is 0 Å². The number of thioether (sulfide) groups is 1. The summed E-state index contributed by atoms with van der Waals surface area (Å²) < 4.78 is 0.523. The zero-order valence-corrected chi connectivity index (χ0v) is 12.5. The van der Waals surface area contributed by atoms with Gasteiger partial charge in [0.1, 0.15) is 0 Å². The van der Waals surface area contributed by atoms with Crippen LogP contribution in [-0.2, 0) is 4.79 Å². The van der Waals surface area contributed by atoms with Crippen molar-refractivity contribution in [2.45, 2.75) is 6.92 Å². The topological polar surface area (TPSA) is 32.7 Å². The second-order valence-corrected chi connectivity index (χ2v) is 6.12. The third kappa shape index (κ3) is 2.46. The minimum Gasteiger partial charge on any atom is -0.272 e. The van der Waals surface area contributed by atoms with Crippen molar-refractivity contribution in [3.8, 4) is 0 Å². The molecule has 0 N–H and O–H groups in total. The largest absolute Gasteiger partial charge is 0.272 e. The Morgan fingerprint density at radius 3 is 2.70 bits per heavy atom. The van der Waals surface area contributed by atoms with Gasteiger partial charge >= 0.3 is 0 Å². The maximum absolute atomic E-state index is 11.7. The first kappa shape index (κ1) is 13.3. The molecule has 0 bridgehead atoms. The summed E-state index contributed by atoms with van der Waals surface area (Å²) in [6, 6.07) is 14.3. The molecular weight excluding hydrogens is 288 g/mol. The highest BCUT2D eigenvalue weighted by Gasteiger charge is 2.26. The lowest BCUT2D eigenvalue weighted by atomic mass is 10.0. The number of benzene rings is 2. The molecule has 0 spiro atoms. The van der Waals surface area contributed by atoms with Gasteiger partial charge in [0.25, 0.3) is 5.91 Å². The molecule has 100 valence electrons. The minimum atomic E-state index is -0.0554. The normalized spacial score (nSPS) is 16.2. The van der Waals surface area contributed by atoms with Crippen molar-refractivity contribution in [3.63, 3.8) is 0 Å². The smallest absolute Gasteiger partial charge is 0.259 e. The number of amides is 1. The van der Waals surface area contributed by atoms with E-state index in [4.69, 9.17) is 12.2 Å². The molecule has 2 aromatic rings. The molecule has 0 saturated carbocycles. The van der Waals surface area contributed by atoms with Crippen molar-refractivity contribution in [3.05, 3.63) is 48.0 Å². The second-order valence-electron chi connectivity index (χ2n) is 4.51. The standard InChI is InChI=1S/C15H12N2OS2/c1-10(16-17-14(18)9-20-15(17)19)12-7-6-11-4-2-3-5-13(11)8-12/h2-8H,9H2,1H3. The van der Waals surface area contributed by atoms with Crippen LogP contribution in [0.1, 0.15) is 12.5 Å². The van der Waals surface area contributed by atoms with Gasteiger partial charge in [0.05, 0.1) is 11.5 Å². The summed E-state index contributed by atoms with van der Waals surface area (Å²) in [4.78, 5) is 11.7. The van der Waals surface area contributed by atoms with Gasteiger partial charge in [-0.25, -0.2) is 0 Å². The SMILES string of the molecule is CC(=NN1C(=O)CSC1=S)c1ccc2ccccc2c1. The Kier molecular flexibility index (Phi) is 3.54. The van der Waals surface area contributed by atoms with E-state index in [0.29, 0.717) is 10.1 Å². The van der Waals surface area contributed by atoms with Gasteiger partial charge in [-0.15, -0.1) is 0 Å². The molecule has 0 atom stereocenters. The van der Waals surface area contributed by atoms with Crippen LogP contribution in [0.2, 0.25) is 0 Å². The average molecular weight is 300 g/mol. The molecule has 3 nitrogen and oxygen atoms in total. The van der Waals surface area contributed by atoms with Crippen LogP contribution in [0.3, 0.4) is 0 Å². The van der Waals surface area contributed by atoms with Gasteiger partial charge in [0.2, 0.25) is 0 Å². The number of thiocarbonyl (C=S) groups is 1. The molecule has 1 fully saturated rings. The van der Waals surface area contributed by atoms with Crippen molar-refractivity contribution < 1.29 is 4.79 Å². The van der Waals surface area contributed by atoms with Gasteiger partial charge in [0, 0.05) is 0 Å². The number of carbonyl (C=O) groups excluding carboxylic acids is 1. The number of hydrazone groups is 1. The molecular formula is C15H12N2OS2. The number of nitrogens with zero attached hydrogens (tertiary/aromatic N) is 2. The van der Waals surface area contributed by atoms with Crippen LogP contribution in [0.15, 0.2) is 47.6 Å². The van der Waals surface area contributed by atoms with E-state index in [1.54, 1.807) is 0 Å². The summed E-state index contributed by atoms with van der Waals surface area (Å²) in [5.74, 6) is 0.327. The van der Waals surface area contributed by atoms with Crippen molar-refractivity contribution in [1.82, 2.24) is 5.01 Å². The van der Waals surface area contributed by atoms with E-state index in [1.165, 1.54) is 22.2 Å². The van der Waals surface area contributed by atoms with Gasteiger partial charge in [-0.3, -0.25) is 4.79 Å². The number of carbonyl (C=O) groups is 1. The summed E-state index contributed by atoms with van der Waals surface area (Å²) in [5, 5.41) is 8.02. The third-order valence-corrected chi connectivity index (χ3v) is 4.48. The molecule has 2 aromatic carbocycles. The van der Waals surface area contributed by atoms with Crippen LogP contribution in [0.4, 0.5) is 0 Å². The molecule has 0 radical (unpaired) electrons. The summed E-state index contributed by atoms with van der Waals surface area (Å²) >= 11 is 6.48. The van der Waals surface area contributed by atoms with Gasteiger partial charge in [-0.1, -0.05) is 60.4 Å². The first-order valence-electron chi connectivity index (χ1n) is 6.19. The molecule has 0 aliphatic carbocycles. The Morgan fingerprint density at radius 2 is 2.00 bits per heavy atom. The molecule has 0 aromatic heterocycles. The van der Waals surface area contributed by atoms with Crippen LogP contribution >= 0.6 is 24.0 Å². The lowest BCUT2D eigenvalue weighted by Crippen LogP contribution is -2.24. The Bertz CT molecular complexity index is 723. The van der Waals surface area contributed by atoms with Gasteiger partial charge in [-0.05, 0) is 29.3 Å². The summed E-state index contributed by atoms with van der Waals surface area (Å²) in [6.07, 6.45) is 0. The van der Waals surface area contributed by atoms with Crippen LogP contribution in [0.5, 0.6) is 0 Å². The highest BCUT2D eigenvalue weighted by molar-refractivity contribution is 8.23. The summed E-state index contributed by atoms with van der Waals surface area (Å²) in [7, 11) is 0. The van der Waals surface area contributed by atoms with Crippen LogP contribution in [0.25, 0.3) is 10.8 Å². The fourth-order valence-electron chi connectivity index (χ4n) is 2.07. The van der Waals surface area contributed by atoms with E-state index in [2.05, 4.69) is 29.4 Å². The van der Waals surface area contributed by atoms with E-state index in [1.807, 2.05) is 25.1 Å². The molecule has 3 rings (SSSR count). The Hall–Kier alpha value is -1.72. The molecule has 1 saturated heterocycles. The van der Waals surface area contributed by atoms with Crippen molar-refractivity contribution in [2.24, 2.45) is 5.10 Å². The Balaban J connectivity index is 1.97. The molecule has 1 aliphatic rings. The maximum atomic E-state index is 11.7. The summed E-state index contributed by atoms with van der Waals surface area (Å²) in [5.41, 5.74) is 1.78. The molecule has 1 heterocycles. The predicted octanol–water partition coefficient (Wildman–Crippen LogP) is 3.42. The molecule has 20 heavy (non-hydrogen) atoms. The van der Waals surface area contributed by atoms with Crippen LogP contribution < -0.4 is 0 Å². The number of hydrogen-bond acceptors (Lipinski definition) is 4. The number of rotatable bonds is 2. The number of fused-ring (bicyclic) bond motifs is 1. The monoisotopic (exact) mass is 300 g/mol. The number of hydrogen-bond donors (Lipinski definition) is 0. The van der Waals surface area contributed by atoms with Crippen molar-refractivity contribution >= 4 is 50.7 Å². The minimum absolute atomic E-state index is 0.0554. The fraction of sp³-hybridized carbons (Fsp3) is 0.133. The Labute approximate surface area is 126 Å². The van der Waals surface area contributed by atoms with Gasteiger partial charge < -0.3 is 0 Å². The van der Waals surface area contributed by atoms with E-state index in [-0.39, 0.29) is 5.91 Å². The second kappa shape index (κ2) is 5.34. The van der Waals surface area contributed by atoms with Crippen molar-refractivity contribution in [1.29, 1.82) is 0 Å². The van der Waals surface area contributed by atoms with Crippen LogP contribution in [0, 0.1) is 0 Å². The summed E-state index contributed by atoms with van der Waals surface area (Å²) in [6.45, 7) is 1.89. The maximum Gasteiger partial charge on any atom is 0.259 e. The highest BCUT2D eigenvalue weighted by atomic mass is 32.2. The zero-order chi connectivity index (χ0) is 14.1. The zero-order valence-electron chi connectivity index (χ0n) is 10.9. The van der Waals surface area contributed by atoms with E-state index in [9.17, 15) is 4.79 Å². The molecule has 1 aliphatic heterocycles.